The minimum atomic E-state index is -0.474. The van der Waals surface area contributed by atoms with Crippen LogP contribution >= 0.6 is 22.9 Å². The highest BCUT2D eigenvalue weighted by Crippen LogP contribution is 2.29. The molecule has 0 amide bonds. The van der Waals surface area contributed by atoms with Crippen molar-refractivity contribution in [3.63, 3.8) is 0 Å². The second-order valence-electron chi connectivity index (χ2n) is 3.74. The molecule has 3 aromatic rings. The van der Waals surface area contributed by atoms with Crippen molar-refractivity contribution in [2.24, 2.45) is 0 Å². The summed E-state index contributed by atoms with van der Waals surface area (Å²) in [5.41, 5.74) is 0.991. The summed E-state index contributed by atoms with van der Waals surface area (Å²) in [6, 6.07) is 5.61. The van der Waals surface area contributed by atoms with Crippen LogP contribution in [0.25, 0.3) is 15.3 Å². The highest BCUT2D eigenvalue weighted by Gasteiger charge is 2.13. The number of para-hydroxylation sites is 1. The molecule has 0 radical (unpaired) electrons. The number of carbonyl (C=O) groups excluding carboxylic acids is 1. The van der Waals surface area contributed by atoms with Gasteiger partial charge in [-0.1, -0.05) is 29.0 Å². The molecule has 0 aliphatic carbocycles. The fraction of sp³-hybridized carbons (Fsp3) is 0.0833. The van der Waals surface area contributed by atoms with Crippen molar-refractivity contribution in [2.45, 2.75) is 0 Å². The molecule has 0 aliphatic heterocycles. The Bertz CT molecular complexity index is 765. The van der Waals surface area contributed by atoms with Crippen molar-refractivity contribution in [1.82, 2.24) is 14.5 Å². The molecule has 1 aromatic carbocycles. The van der Waals surface area contributed by atoms with Gasteiger partial charge in [0.1, 0.15) is 11.8 Å². The molecule has 19 heavy (non-hydrogen) atoms. The minimum Gasteiger partial charge on any atom is -0.464 e. The number of carbonyl (C=O) groups is 1. The number of thiazole rings is 1. The monoisotopic (exact) mass is 293 g/mol. The van der Waals surface area contributed by atoms with E-state index in [0.717, 1.165) is 10.2 Å². The summed E-state index contributed by atoms with van der Waals surface area (Å²) in [4.78, 5) is 19.8. The molecule has 96 valence electrons. The Labute approximate surface area is 117 Å². The van der Waals surface area contributed by atoms with Gasteiger partial charge in [-0.25, -0.2) is 14.8 Å². The van der Waals surface area contributed by atoms with Gasteiger partial charge in [0.15, 0.2) is 10.8 Å². The molecule has 0 aliphatic rings. The number of aromatic nitrogens is 3. The first-order chi connectivity index (χ1) is 9.19. The van der Waals surface area contributed by atoms with E-state index in [4.69, 9.17) is 11.6 Å². The van der Waals surface area contributed by atoms with Gasteiger partial charge in [-0.3, -0.25) is 4.57 Å². The van der Waals surface area contributed by atoms with Crippen LogP contribution in [-0.2, 0) is 4.74 Å². The topological polar surface area (TPSA) is 57.0 Å². The zero-order valence-corrected chi connectivity index (χ0v) is 11.4. The average Bonchev–Trinajstić information content (AvgIpc) is 3.04. The third-order valence-electron chi connectivity index (χ3n) is 2.56. The number of esters is 1. The highest BCUT2D eigenvalue weighted by atomic mass is 35.5. The number of rotatable bonds is 2. The quantitative estimate of drug-likeness (QED) is 0.682. The number of fused-ring (bicyclic) bond motifs is 1. The van der Waals surface area contributed by atoms with Gasteiger partial charge in [0, 0.05) is 6.20 Å². The van der Waals surface area contributed by atoms with Gasteiger partial charge in [-0.15, -0.1) is 0 Å². The number of nitrogens with zero attached hydrogens (tertiary/aromatic N) is 3. The fourth-order valence-electron chi connectivity index (χ4n) is 1.65. The molecule has 7 heteroatoms. The third-order valence-corrected chi connectivity index (χ3v) is 3.90. The van der Waals surface area contributed by atoms with Gasteiger partial charge < -0.3 is 4.74 Å². The zero-order valence-electron chi connectivity index (χ0n) is 9.83. The second kappa shape index (κ2) is 4.64. The highest BCUT2D eigenvalue weighted by molar-refractivity contribution is 7.20. The summed E-state index contributed by atoms with van der Waals surface area (Å²) in [7, 11) is 1.32. The molecule has 0 bridgehead atoms. The Morgan fingerprint density at radius 1 is 1.47 bits per heavy atom. The van der Waals surface area contributed by atoms with Crippen LogP contribution in [0, 0.1) is 0 Å². The van der Waals surface area contributed by atoms with Gasteiger partial charge in [-0.05, 0) is 12.1 Å². The lowest BCUT2D eigenvalue weighted by Crippen LogP contribution is -2.00. The van der Waals surface area contributed by atoms with E-state index in [9.17, 15) is 4.79 Å². The van der Waals surface area contributed by atoms with E-state index in [2.05, 4.69) is 14.7 Å². The molecular formula is C12H8ClN3O2S. The van der Waals surface area contributed by atoms with E-state index in [1.165, 1.54) is 24.8 Å². The third kappa shape index (κ3) is 2.09. The lowest BCUT2D eigenvalue weighted by molar-refractivity contribution is 0.0594. The van der Waals surface area contributed by atoms with E-state index in [1.807, 2.05) is 12.1 Å². The zero-order chi connectivity index (χ0) is 13.4. The molecule has 0 fully saturated rings. The first-order valence-corrected chi connectivity index (χ1v) is 6.56. The number of halogens is 1. The fourth-order valence-corrected chi connectivity index (χ4v) is 2.86. The molecule has 0 atom stereocenters. The summed E-state index contributed by atoms with van der Waals surface area (Å²) >= 11 is 7.55. The minimum absolute atomic E-state index is 0.243. The lowest BCUT2D eigenvalue weighted by Gasteiger charge is -1.93. The van der Waals surface area contributed by atoms with Crippen LogP contribution in [-0.4, -0.2) is 27.6 Å². The first-order valence-electron chi connectivity index (χ1n) is 5.37. The molecule has 0 unspecified atom stereocenters. The van der Waals surface area contributed by atoms with Gasteiger partial charge in [0.05, 0.1) is 16.8 Å². The average molecular weight is 294 g/mol. The smallest absolute Gasteiger partial charge is 0.358 e. The van der Waals surface area contributed by atoms with E-state index >= 15 is 0 Å². The van der Waals surface area contributed by atoms with Crippen LogP contribution < -0.4 is 0 Å². The van der Waals surface area contributed by atoms with Crippen LogP contribution in [0.4, 0.5) is 0 Å². The maximum Gasteiger partial charge on any atom is 0.358 e. The predicted molar refractivity (Wildman–Crippen MR) is 73.1 cm³/mol. The normalized spacial score (nSPS) is 10.8. The Morgan fingerprint density at radius 2 is 2.32 bits per heavy atom. The van der Waals surface area contributed by atoms with Crippen LogP contribution in [0.3, 0.4) is 0 Å². The van der Waals surface area contributed by atoms with Crippen molar-refractivity contribution >= 4 is 39.1 Å². The molecule has 0 saturated heterocycles. The molecule has 3 rings (SSSR count). The van der Waals surface area contributed by atoms with Crippen LogP contribution in [0.15, 0.2) is 30.7 Å². The number of ether oxygens (including phenoxy) is 1. The Balaban J connectivity index is 2.07. The maximum absolute atomic E-state index is 11.3. The number of methoxy groups -OCH3 is 1. The number of hydrogen-bond acceptors (Lipinski definition) is 5. The lowest BCUT2D eigenvalue weighted by atomic mass is 10.3. The number of hydrogen-bond donors (Lipinski definition) is 0. The van der Waals surface area contributed by atoms with Crippen molar-refractivity contribution in [2.75, 3.05) is 7.11 Å². The van der Waals surface area contributed by atoms with Gasteiger partial charge >= 0.3 is 5.97 Å². The summed E-state index contributed by atoms with van der Waals surface area (Å²) in [6.45, 7) is 0. The standard InChI is InChI=1S/C12H8ClN3O2S/c1-18-11(17)8-5-16(6-14-8)12-15-10-7(13)3-2-4-9(10)19-12/h2-6H,1H3. The van der Waals surface area contributed by atoms with E-state index in [1.54, 1.807) is 16.8 Å². The van der Waals surface area contributed by atoms with Crippen LogP contribution in [0.5, 0.6) is 0 Å². The number of imidazole rings is 1. The van der Waals surface area contributed by atoms with Crippen LogP contribution in [0.1, 0.15) is 10.5 Å². The summed E-state index contributed by atoms with van der Waals surface area (Å²) < 4.78 is 7.27. The SMILES string of the molecule is COC(=O)c1cn(-c2nc3c(Cl)cccc3s2)cn1. The summed E-state index contributed by atoms with van der Waals surface area (Å²) in [6.07, 6.45) is 3.11. The summed E-state index contributed by atoms with van der Waals surface area (Å²) in [5, 5.41) is 1.30. The Morgan fingerprint density at radius 3 is 3.05 bits per heavy atom. The van der Waals surface area contributed by atoms with E-state index in [0.29, 0.717) is 10.2 Å². The van der Waals surface area contributed by atoms with Gasteiger partial charge in [-0.2, -0.15) is 0 Å². The molecule has 2 aromatic heterocycles. The predicted octanol–water partition coefficient (Wildman–Crippen LogP) is 2.92. The first kappa shape index (κ1) is 12.1. The van der Waals surface area contributed by atoms with Crippen LogP contribution in [0.2, 0.25) is 5.02 Å². The molecule has 0 N–H and O–H groups in total. The van der Waals surface area contributed by atoms with Crippen molar-refractivity contribution in [3.8, 4) is 5.13 Å². The van der Waals surface area contributed by atoms with Crippen molar-refractivity contribution in [1.29, 1.82) is 0 Å². The Hall–Kier alpha value is -1.92. The molecule has 5 nitrogen and oxygen atoms in total. The largest absolute Gasteiger partial charge is 0.464 e. The molecule has 0 saturated carbocycles. The molecular weight excluding hydrogens is 286 g/mol. The van der Waals surface area contributed by atoms with E-state index < -0.39 is 5.97 Å². The van der Waals surface area contributed by atoms with Gasteiger partial charge in [0.25, 0.3) is 0 Å². The Kier molecular flexibility index (Phi) is 2.96. The van der Waals surface area contributed by atoms with E-state index in [-0.39, 0.29) is 5.69 Å². The number of benzene rings is 1. The van der Waals surface area contributed by atoms with Crippen molar-refractivity contribution in [3.05, 3.63) is 41.4 Å². The van der Waals surface area contributed by atoms with Gasteiger partial charge in [0.2, 0.25) is 0 Å². The molecule has 0 spiro atoms. The maximum atomic E-state index is 11.3. The molecule has 2 heterocycles. The van der Waals surface area contributed by atoms with Crippen molar-refractivity contribution < 1.29 is 9.53 Å². The second-order valence-corrected chi connectivity index (χ2v) is 5.16. The summed E-state index contributed by atoms with van der Waals surface area (Å²) in [5.74, 6) is -0.474.